The van der Waals surface area contributed by atoms with E-state index in [0.29, 0.717) is 12.2 Å². The van der Waals surface area contributed by atoms with Gasteiger partial charge in [-0.3, -0.25) is 9.69 Å². The highest BCUT2D eigenvalue weighted by atomic mass is 16.6. The maximum Gasteiger partial charge on any atom is 0.335 e. The van der Waals surface area contributed by atoms with Gasteiger partial charge in [0.05, 0.1) is 5.56 Å². The van der Waals surface area contributed by atoms with Gasteiger partial charge in [-0.1, -0.05) is 0 Å². The summed E-state index contributed by atoms with van der Waals surface area (Å²) in [6.45, 7) is 12.6. The Morgan fingerprint density at radius 3 is 2.15 bits per heavy atom. The number of piperidine rings is 1. The summed E-state index contributed by atoms with van der Waals surface area (Å²) in [6.07, 6.45) is 1.20. The van der Waals surface area contributed by atoms with Crippen molar-refractivity contribution < 1.29 is 24.2 Å². The van der Waals surface area contributed by atoms with E-state index in [-0.39, 0.29) is 29.2 Å². The third-order valence-corrected chi connectivity index (χ3v) is 4.50. The number of carbonyl (C=O) groups excluding carboxylic acids is 1. The summed E-state index contributed by atoms with van der Waals surface area (Å²) in [7, 11) is 0. The lowest BCUT2D eigenvalue weighted by molar-refractivity contribution is -0.167. The van der Waals surface area contributed by atoms with Crippen LogP contribution in [0.3, 0.4) is 0 Å². The first-order valence-corrected chi connectivity index (χ1v) is 9.36. The van der Waals surface area contributed by atoms with E-state index in [0.717, 1.165) is 13.0 Å². The molecule has 0 saturated carbocycles. The zero-order valence-corrected chi connectivity index (χ0v) is 17.1. The number of likely N-dealkylation sites (tertiary alicyclic amines) is 1. The predicted octanol–water partition coefficient (Wildman–Crippen LogP) is 3.74. The standard InChI is InChI=1S/C21H31NO5/c1-20(2,3)22-12-11-16(13-17(22)19(25)27-21(4,5)6)26-15-9-7-14(8-10-15)18(23)24/h7-10,16-17H,11-13H2,1-6H3,(H,23,24). The van der Waals surface area contributed by atoms with Crippen molar-refractivity contribution in [3.63, 3.8) is 0 Å². The Kier molecular flexibility index (Phi) is 6.20. The van der Waals surface area contributed by atoms with E-state index in [1.165, 1.54) is 12.1 Å². The Morgan fingerprint density at radius 2 is 1.67 bits per heavy atom. The molecule has 0 radical (unpaired) electrons. The van der Waals surface area contributed by atoms with Crippen molar-refractivity contribution in [3.8, 4) is 5.75 Å². The smallest absolute Gasteiger partial charge is 0.335 e. The summed E-state index contributed by atoms with van der Waals surface area (Å²) < 4.78 is 11.7. The molecule has 2 rings (SSSR count). The van der Waals surface area contributed by atoms with Crippen molar-refractivity contribution in [2.24, 2.45) is 0 Å². The Bertz CT molecular complexity index is 669. The summed E-state index contributed by atoms with van der Waals surface area (Å²) in [5.74, 6) is -0.589. The summed E-state index contributed by atoms with van der Waals surface area (Å²) in [6, 6.07) is 5.98. The summed E-state index contributed by atoms with van der Waals surface area (Å²) in [5, 5.41) is 8.99. The number of rotatable bonds is 4. The molecule has 1 fully saturated rings. The van der Waals surface area contributed by atoms with Gasteiger partial charge in [-0.15, -0.1) is 0 Å². The molecule has 0 spiro atoms. The Hall–Kier alpha value is -2.08. The van der Waals surface area contributed by atoms with Crippen molar-refractivity contribution in [3.05, 3.63) is 29.8 Å². The Morgan fingerprint density at radius 1 is 1.07 bits per heavy atom. The van der Waals surface area contributed by atoms with Crippen LogP contribution < -0.4 is 4.74 Å². The number of benzene rings is 1. The minimum atomic E-state index is -0.968. The first kappa shape index (κ1) is 21.2. The van der Waals surface area contributed by atoms with E-state index < -0.39 is 11.6 Å². The highest BCUT2D eigenvalue weighted by molar-refractivity contribution is 5.87. The molecule has 0 amide bonds. The highest BCUT2D eigenvalue weighted by Gasteiger charge is 2.41. The lowest BCUT2D eigenvalue weighted by Crippen LogP contribution is -2.58. The highest BCUT2D eigenvalue weighted by Crippen LogP contribution is 2.30. The van der Waals surface area contributed by atoms with Crippen molar-refractivity contribution >= 4 is 11.9 Å². The second-order valence-corrected chi connectivity index (χ2v) is 9.01. The number of carboxylic acids is 1. The molecule has 6 nitrogen and oxygen atoms in total. The van der Waals surface area contributed by atoms with E-state index >= 15 is 0 Å². The van der Waals surface area contributed by atoms with Gasteiger partial charge in [0.2, 0.25) is 0 Å². The van der Waals surface area contributed by atoms with Crippen LogP contribution in [0.15, 0.2) is 24.3 Å². The molecule has 1 aromatic rings. The monoisotopic (exact) mass is 377 g/mol. The van der Waals surface area contributed by atoms with Crippen LogP contribution in [0.2, 0.25) is 0 Å². The van der Waals surface area contributed by atoms with Gasteiger partial charge in [0.25, 0.3) is 0 Å². The fourth-order valence-corrected chi connectivity index (χ4v) is 3.30. The predicted molar refractivity (Wildman–Crippen MR) is 103 cm³/mol. The first-order chi connectivity index (χ1) is 12.4. The largest absolute Gasteiger partial charge is 0.490 e. The summed E-state index contributed by atoms with van der Waals surface area (Å²) >= 11 is 0. The number of esters is 1. The number of nitrogens with zero attached hydrogens (tertiary/aromatic N) is 1. The van der Waals surface area contributed by atoms with Gasteiger partial charge < -0.3 is 14.6 Å². The molecule has 0 aromatic heterocycles. The maximum absolute atomic E-state index is 12.8. The minimum Gasteiger partial charge on any atom is -0.490 e. The zero-order chi connectivity index (χ0) is 20.4. The summed E-state index contributed by atoms with van der Waals surface area (Å²) in [4.78, 5) is 25.9. The number of aromatic carboxylic acids is 1. The molecule has 1 aromatic carbocycles. The average molecular weight is 377 g/mol. The van der Waals surface area contributed by atoms with Crippen LogP contribution in [-0.2, 0) is 9.53 Å². The average Bonchev–Trinajstić information content (AvgIpc) is 2.52. The van der Waals surface area contributed by atoms with Gasteiger partial charge in [0, 0.05) is 18.5 Å². The van der Waals surface area contributed by atoms with E-state index in [2.05, 4.69) is 25.7 Å². The topological polar surface area (TPSA) is 76.1 Å². The SMILES string of the molecule is CC(C)(C)OC(=O)C1CC(Oc2ccc(C(=O)O)cc2)CCN1C(C)(C)C. The van der Waals surface area contributed by atoms with Crippen molar-refractivity contribution in [1.82, 2.24) is 4.90 Å². The molecule has 1 aliphatic heterocycles. The first-order valence-electron chi connectivity index (χ1n) is 9.36. The molecule has 0 bridgehead atoms. The fraction of sp³-hybridized carbons (Fsp3) is 0.619. The fourth-order valence-electron chi connectivity index (χ4n) is 3.30. The van der Waals surface area contributed by atoms with Crippen molar-refractivity contribution in [1.29, 1.82) is 0 Å². The van der Waals surface area contributed by atoms with Gasteiger partial charge in [-0.2, -0.15) is 0 Å². The van der Waals surface area contributed by atoms with Gasteiger partial charge in [0.15, 0.2) is 0 Å². The number of ether oxygens (including phenoxy) is 2. The molecular formula is C21H31NO5. The van der Waals surface area contributed by atoms with Crippen molar-refractivity contribution in [2.75, 3.05) is 6.54 Å². The molecule has 0 aliphatic carbocycles. The number of carboxylic acid groups (broad SMARTS) is 1. The number of hydrogen-bond donors (Lipinski definition) is 1. The molecule has 150 valence electrons. The molecule has 1 N–H and O–H groups in total. The lowest BCUT2D eigenvalue weighted by Gasteiger charge is -2.45. The van der Waals surface area contributed by atoms with E-state index in [1.807, 2.05) is 20.8 Å². The van der Waals surface area contributed by atoms with E-state index in [9.17, 15) is 9.59 Å². The van der Waals surface area contributed by atoms with Crippen LogP contribution in [-0.4, -0.2) is 51.8 Å². The molecule has 6 heteroatoms. The van der Waals surface area contributed by atoms with Crippen molar-refractivity contribution in [2.45, 2.75) is 77.7 Å². The Labute approximate surface area is 161 Å². The molecule has 2 atom stereocenters. The van der Waals surface area contributed by atoms with E-state index in [1.54, 1.807) is 12.1 Å². The lowest BCUT2D eigenvalue weighted by atomic mass is 9.92. The normalized spacial score (nSPS) is 21.6. The molecule has 1 saturated heterocycles. The minimum absolute atomic E-state index is 0.128. The number of hydrogen-bond acceptors (Lipinski definition) is 5. The van der Waals surface area contributed by atoms with E-state index in [4.69, 9.17) is 14.6 Å². The molecule has 2 unspecified atom stereocenters. The van der Waals surface area contributed by atoms with Crippen LogP contribution in [0, 0.1) is 0 Å². The number of carbonyl (C=O) groups is 2. The van der Waals surface area contributed by atoms with Crippen LogP contribution >= 0.6 is 0 Å². The third-order valence-electron chi connectivity index (χ3n) is 4.50. The van der Waals surface area contributed by atoms with Crippen LogP contribution in [0.4, 0.5) is 0 Å². The van der Waals surface area contributed by atoms with Crippen LogP contribution in [0.25, 0.3) is 0 Å². The van der Waals surface area contributed by atoms with Gasteiger partial charge in [0.1, 0.15) is 23.5 Å². The molecule has 27 heavy (non-hydrogen) atoms. The molecule has 1 heterocycles. The maximum atomic E-state index is 12.8. The third kappa shape index (κ3) is 5.96. The summed E-state index contributed by atoms with van der Waals surface area (Å²) in [5.41, 5.74) is -0.479. The Balaban J connectivity index is 2.12. The molecule has 1 aliphatic rings. The van der Waals surface area contributed by atoms with Gasteiger partial charge in [-0.25, -0.2) is 4.79 Å². The van der Waals surface area contributed by atoms with Crippen LogP contribution in [0.1, 0.15) is 64.7 Å². The van der Waals surface area contributed by atoms with Gasteiger partial charge >= 0.3 is 11.9 Å². The second-order valence-electron chi connectivity index (χ2n) is 9.01. The van der Waals surface area contributed by atoms with Gasteiger partial charge in [-0.05, 0) is 72.2 Å². The molecular weight excluding hydrogens is 346 g/mol. The zero-order valence-electron chi connectivity index (χ0n) is 17.1. The second kappa shape index (κ2) is 7.89. The van der Waals surface area contributed by atoms with Crippen LogP contribution in [0.5, 0.6) is 5.75 Å². The quantitative estimate of drug-likeness (QED) is 0.806.